The molecule has 1 unspecified atom stereocenters. The fraction of sp³-hybridized carbons (Fsp3) is 0.292. The van der Waals surface area contributed by atoms with Crippen molar-refractivity contribution in [3.05, 3.63) is 76.0 Å². The molecule has 0 spiro atoms. The Morgan fingerprint density at radius 3 is 2.53 bits per heavy atom. The van der Waals surface area contributed by atoms with Crippen LogP contribution in [-0.2, 0) is 11.0 Å². The van der Waals surface area contributed by atoms with Crippen LogP contribution in [-0.4, -0.2) is 15.5 Å². The summed E-state index contributed by atoms with van der Waals surface area (Å²) in [4.78, 5) is 30.2. The average molecular weight is 467 g/mol. The zero-order valence-corrected chi connectivity index (χ0v) is 18.3. The molecular weight excluding hydrogens is 447 g/mol. The molecule has 2 atom stereocenters. The summed E-state index contributed by atoms with van der Waals surface area (Å²) in [7, 11) is 0. The number of alkyl halides is 3. The first-order valence-electron chi connectivity index (χ1n) is 10.3. The molecule has 0 bridgehead atoms. The number of nitrogens with zero attached hydrogens (tertiary/aromatic N) is 4. The van der Waals surface area contributed by atoms with E-state index in [2.05, 4.69) is 10.3 Å². The maximum atomic E-state index is 13.2. The number of nitriles is 2. The van der Waals surface area contributed by atoms with Gasteiger partial charge in [0.15, 0.2) is 0 Å². The van der Waals surface area contributed by atoms with Gasteiger partial charge in [-0.3, -0.25) is 14.6 Å². The molecular formula is C24H20F3N5O2. The fourth-order valence-electron chi connectivity index (χ4n) is 3.57. The smallest absolute Gasteiger partial charge is 0.335 e. The van der Waals surface area contributed by atoms with Crippen LogP contribution in [0.4, 0.5) is 13.2 Å². The van der Waals surface area contributed by atoms with Gasteiger partial charge in [-0.05, 0) is 42.0 Å². The van der Waals surface area contributed by atoms with Crippen LogP contribution in [0, 0.1) is 28.6 Å². The summed E-state index contributed by atoms with van der Waals surface area (Å²) in [5.41, 5.74) is -1.21. The van der Waals surface area contributed by atoms with Gasteiger partial charge >= 0.3 is 6.18 Å². The second-order valence-electron chi connectivity index (χ2n) is 8.16. The van der Waals surface area contributed by atoms with Crippen molar-refractivity contribution in [3.63, 3.8) is 0 Å². The Labute approximate surface area is 193 Å². The van der Waals surface area contributed by atoms with Crippen LogP contribution in [0.1, 0.15) is 49.0 Å². The quantitative estimate of drug-likeness (QED) is 0.582. The molecule has 34 heavy (non-hydrogen) atoms. The number of aromatic nitrogens is 2. The summed E-state index contributed by atoms with van der Waals surface area (Å²) in [5, 5.41) is 21.3. The molecule has 0 aliphatic carbocycles. The third kappa shape index (κ3) is 5.24. The Bertz CT molecular complexity index is 1370. The summed E-state index contributed by atoms with van der Waals surface area (Å²) >= 11 is 0. The number of carbonyl (C=O) groups is 1. The molecule has 0 aliphatic heterocycles. The first-order valence-corrected chi connectivity index (χ1v) is 10.3. The van der Waals surface area contributed by atoms with Crippen LogP contribution in [0.15, 0.2) is 53.7 Å². The van der Waals surface area contributed by atoms with Crippen molar-refractivity contribution in [2.24, 2.45) is 5.92 Å². The lowest BCUT2D eigenvalue weighted by Gasteiger charge is -2.23. The number of fused-ring (bicyclic) bond motifs is 1. The number of carbonyl (C=O) groups excluding carboxylic acids is 1. The largest absolute Gasteiger partial charge is 0.416 e. The van der Waals surface area contributed by atoms with Crippen molar-refractivity contribution in [3.8, 4) is 12.1 Å². The Balaban J connectivity index is 2.03. The molecule has 0 fully saturated rings. The average Bonchev–Trinajstić information content (AvgIpc) is 2.80. The molecule has 174 valence electrons. The molecule has 1 aromatic carbocycles. The third-order valence-corrected chi connectivity index (χ3v) is 5.23. The highest BCUT2D eigenvalue weighted by Gasteiger charge is 2.31. The second-order valence-corrected chi connectivity index (χ2v) is 8.16. The van der Waals surface area contributed by atoms with E-state index in [1.54, 1.807) is 0 Å². The number of pyridine rings is 2. The molecule has 2 heterocycles. The molecule has 10 heteroatoms. The van der Waals surface area contributed by atoms with Gasteiger partial charge in [0, 0.05) is 29.5 Å². The highest BCUT2D eigenvalue weighted by atomic mass is 19.4. The molecule has 1 N–H and O–H groups in total. The zero-order chi connectivity index (χ0) is 25.0. The normalized spacial score (nSPS) is 13.2. The standard InChI is InChI=1S/C24H20F3N5O2/c1-14(2)7-21(22(33)31-20(11-29)17-8-15(10-28)12-30-13-17)32-6-5-16-3-4-18(24(25,26)27)9-19(16)23(32)34/h3-6,8-9,12-14,20-21H,7H2,1-2H3,(H,31,33)/t20?,21-/m1/s1. The van der Waals surface area contributed by atoms with E-state index in [1.165, 1.54) is 36.8 Å². The van der Waals surface area contributed by atoms with E-state index < -0.39 is 35.3 Å². The van der Waals surface area contributed by atoms with Crippen molar-refractivity contribution in [1.29, 1.82) is 10.5 Å². The minimum atomic E-state index is -4.62. The molecule has 3 aromatic rings. The Morgan fingerprint density at radius 2 is 1.91 bits per heavy atom. The van der Waals surface area contributed by atoms with Crippen molar-refractivity contribution in [2.45, 2.75) is 38.5 Å². The van der Waals surface area contributed by atoms with Crippen LogP contribution in [0.25, 0.3) is 10.8 Å². The van der Waals surface area contributed by atoms with Gasteiger partial charge in [-0.2, -0.15) is 23.7 Å². The van der Waals surface area contributed by atoms with Gasteiger partial charge < -0.3 is 9.88 Å². The number of amides is 1. The predicted octanol–water partition coefficient (Wildman–Crippen LogP) is 4.26. The van der Waals surface area contributed by atoms with Gasteiger partial charge in [0.2, 0.25) is 5.91 Å². The summed E-state index contributed by atoms with van der Waals surface area (Å²) in [6.45, 7) is 3.66. The third-order valence-electron chi connectivity index (χ3n) is 5.23. The van der Waals surface area contributed by atoms with Crippen LogP contribution < -0.4 is 10.9 Å². The van der Waals surface area contributed by atoms with E-state index in [-0.39, 0.29) is 23.3 Å². The maximum Gasteiger partial charge on any atom is 0.416 e. The minimum absolute atomic E-state index is 0.0519. The maximum absolute atomic E-state index is 13.2. The Kier molecular flexibility index (Phi) is 7.02. The lowest BCUT2D eigenvalue weighted by Crippen LogP contribution is -2.39. The molecule has 2 aromatic heterocycles. The van der Waals surface area contributed by atoms with Gasteiger partial charge in [-0.15, -0.1) is 0 Å². The van der Waals surface area contributed by atoms with Crippen LogP contribution in [0.3, 0.4) is 0 Å². The Hall–Kier alpha value is -4.18. The molecule has 0 radical (unpaired) electrons. The molecule has 0 aliphatic rings. The van der Waals surface area contributed by atoms with Crippen molar-refractivity contribution >= 4 is 16.7 Å². The lowest BCUT2D eigenvalue weighted by atomic mass is 10.0. The molecule has 1 amide bonds. The van der Waals surface area contributed by atoms with Gasteiger partial charge in [0.25, 0.3) is 5.56 Å². The highest BCUT2D eigenvalue weighted by molar-refractivity contribution is 5.84. The van der Waals surface area contributed by atoms with E-state index >= 15 is 0 Å². The number of benzene rings is 1. The number of nitrogens with one attached hydrogen (secondary N) is 1. The van der Waals surface area contributed by atoms with E-state index in [1.807, 2.05) is 26.0 Å². The van der Waals surface area contributed by atoms with Gasteiger partial charge in [0.05, 0.1) is 17.2 Å². The number of rotatable bonds is 6. The van der Waals surface area contributed by atoms with E-state index in [9.17, 15) is 28.0 Å². The van der Waals surface area contributed by atoms with Gasteiger partial charge in [-0.1, -0.05) is 19.9 Å². The minimum Gasteiger partial charge on any atom is -0.335 e. The topological polar surface area (TPSA) is 112 Å². The lowest BCUT2D eigenvalue weighted by molar-refractivity contribution is -0.137. The number of hydrogen-bond acceptors (Lipinski definition) is 5. The first kappa shape index (κ1) is 24.5. The summed E-state index contributed by atoms with van der Waals surface area (Å²) in [6.07, 6.45) is -0.408. The fourth-order valence-corrected chi connectivity index (χ4v) is 3.57. The monoisotopic (exact) mass is 467 g/mol. The van der Waals surface area contributed by atoms with Crippen molar-refractivity contribution in [2.75, 3.05) is 0 Å². The molecule has 0 saturated carbocycles. The number of hydrogen-bond donors (Lipinski definition) is 1. The van der Waals surface area contributed by atoms with E-state index in [4.69, 9.17) is 5.26 Å². The van der Waals surface area contributed by atoms with Crippen LogP contribution >= 0.6 is 0 Å². The first-order chi connectivity index (χ1) is 16.0. The Morgan fingerprint density at radius 1 is 1.18 bits per heavy atom. The molecule has 7 nitrogen and oxygen atoms in total. The van der Waals surface area contributed by atoms with Crippen LogP contribution in [0.5, 0.6) is 0 Å². The SMILES string of the molecule is CC(C)C[C@H](C(=O)NC(C#N)c1cncc(C#N)c1)n1ccc2ccc(C(F)(F)F)cc2c1=O. The van der Waals surface area contributed by atoms with Gasteiger partial charge in [0.1, 0.15) is 18.2 Å². The second kappa shape index (κ2) is 9.75. The summed E-state index contributed by atoms with van der Waals surface area (Å²) in [6, 6.07) is 7.39. The van der Waals surface area contributed by atoms with Gasteiger partial charge in [-0.25, -0.2) is 0 Å². The van der Waals surface area contributed by atoms with Crippen LogP contribution in [0.2, 0.25) is 0 Å². The summed E-state index contributed by atoms with van der Waals surface area (Å²) < 4.78 is 40.6. The van der Waals surface area contributed by atoms with E-state index in [0.717, 1.165) is 16.7 Å². The zero-order valence-electron chi connectivity index (χ0n) is 18.3. The van der Waals surface area contributed by atoms with Crippen molar-refractivity contribution < 1.29 is 18.0 Å². The molecule has 3 rings (SSSR count). The molecule has 0 saturated heterocycles. The number of halogens is 3. The van der Waals surface area contributed by atoms with Crippen molar-refractivity contribution in [1.82, 2.24) is 14.9 Å². The van der Waals surface area contributed by atoms with E-state index in [0.29, 0.717) is 10.9 Å². The highest BCUT2D eigenvalue weighted by Crippen LogP contribution is 2.31. The summed E-state index contributed by atoms with van der Waals surface area (Å²) in [5.74, 6) is -0.708. The predicted molar refractivity (Wildman–Crippen MR) is 117 cm³/mol.